The minimum absolute atomic E-state index is 0.111. The van der Waals surface area contributed by atoms with Crippen molar-refractivity contribution in [2.45, 2.75) is 32.1 Å². The smallest absolute Gasteiger partial charge is 0.264 e. The Morgan fingerprint density at radius 2 is 1.30 bits per heavy atom. The number of aliphatic hydroxyl groups is 1. The zero-order valence-electron chi connectivity index (χ0n) is 12.2. The van der Waals surface area contributed by atoms with E-state index < -0.39 is 10.1 Å². The quantitative estimate of drug-likeness (QED) is 0.450. The molecule has 0 amide bonds. The molecule has 120 valence electrons. The molecule has 0 aromatic carbocycles. The maximum Gasteiger partial charge on any atom is 0.264 e. The van der Waals surface area contributed by atoms with E-state index in [-0.39, 0.29) is 12.4 Å². The molecule has 1 saturated heterocycles. The lowest BCUT2D eigenvalue weighted by Crippen LogP contribution is -2.47. The number of unbranched alkanes of at least 4 members (excludes halogenated alkanes) is 4. The second kappa shape index (κ2) is 9.68. The third kappa shape index (κ3) is 8.86. The molecule has 2 N–H and O–H groups in total. The standard InChI is InChI=1S/C13H28N2O4S/c16-12-11-15-9-7-14(8-10-15)6-4-2-1-3-5-13-20(17,18)19/h16H,1-13H2,(H,17,18,19). The van der Waals surface area contributed by atoms with Gasteiger partial charge < -0.3 is 10.0 Å². The number of β-amino-alcohol motifs (C(OH)–C–C–N with tert-alkyl or cyclic N) is 1. The first kappa shape index (κ1) is 17.8. The molecule has 0 atom stereocenters. The van der Waals surface area contributed by atoms with E-state index in [1.807, 2.05) is 0 Å². The third-order valence-electron chi connectivity index (χ3n) is 3.76. The fourth-order valence-corrected chi connectivity index (χ4v) is 3.10. The summed E-state index contributed by atoms with van der Waals surface area (Å²) in [6.07, 6.45) is 4.71. The van der Waals surface area contributed by atoms with Gasteiger partial charge in [-0.25, -0.2) is 0 Å². The van der Waals surface area contributed by atoms with Crippen molar-refractivity contribution in [2.75, 3.05) is 51.6 Å². The highest BCUT2D eigenvalue weighted by atomic mass is 32.2. The molecule has 1 fully saturated rings. The van der Waals surface area contributed by atoms with Crippen molar-refractivity contribution < 1.29 is 18.1 Å². The van der Waals surface area contributed by atoms with Crippen molar-refractivity contribution >= 4 is 10.1 Å². The van der Waals surface area contributed by atoms with Gasteiger partial charge in [0.25, 0.3) is 10.1 Å². The molecule has 0 bridgehead atoms. The minimum atomic E-state index is -3.77. The molecule has 0 aromatic rings. The number of hydrogen-bond acceptors (Lipinski definition) is 5. The van der Waals surface area contributed by atoms with E-state index in [1.165, 1.54) is 0 Å². The van der Waals surface area contributed by atoms with Crippen molar-refractivity contribution in [3.63, 3.8) is 0 Å². The van der Waals surface area contributed by atoms with Crippen LogP contribution in [0.1, 0.15) is 32.1 Å². The molecule has 0 spiro atoms. The highest BCUT2D eigenvalue weighted by molar-refractivity contribution is 7.85. The maximum absolute atomic E-state index is 10.5. The summed E-state index contributed by atoms with van der Waals surface area (Å²) in [5.74, 6) is -0.111. The Labute approximate surface area is 122 Å². The van der Waals surface area contributed by atoms with E-state index in [9.17, 15) is 8.42 Å². The molecule has 0 radical (unpaired) electrons. The van der Waals surface area contributed by atoms with Gasteiger partial charge in [-0.05, 0) is 19.4 Å². The summed E-state index contributed by atoms with van der Waals surface area (Å²) in [5, 5.41) is 8.87. The van der Waals surface area contributed by atoms with Gasteiger partial charge in [0.1, 0.15) is 0 Å². The normalized spacial score (nSPS) is 18.5. The van der Waals surface area contributed by atoms with E-state index in [4.69, 9.17) is 9.66 Å². The fourth-order valence-electron chi connectivity index (χ4n) is 2.53. The summed E-state index contributed by atoms with van der Waals surface area (Å²) in [5.41, 5.74) is 0. The number of hydrogen-bond donors (Lipinski definition) is 2. The molecule has 20 heavy (non-hydrogen) atoms. The summed E-state index contributed by atoms with van der Waals surface area (Å²) >= 11 is 0. The van der Waals surface area contributed by atoms with Crippen LogP contribution in [0.25, 0.3) is 0 Å². The van der Waals surface area contributed by atoms with Crippen molar-refractivity contribution in [2.24, 2.45) is 0 Å². The number of aliphatic hydroxyl groups excluding tert-OH is 1. The number of piperazine rings is 1. The van der Waals surface area contributed by atoms with Gasteiger partial charge in [0.15, 0.2) is 0 Å². The minimum Gasteiger partial charge on any atom is -0.395 e. The van der Waals surface area contributed by atoms with Crippen LogP contribution in [0.2, 0.25) is 0 Å². The Hall–Kier alpha value is -0.210. The predicted molar refractivity (Wildman–Crippen MR) is 79.5 cm³/mol. The lowest BCUT2D eigenvalue weighted by atomic mass is 10.1. The summed E-state index contributed by atoms with van der Waals surface area (Å²) < 4.78 is 29.7. The second-order valence-electron chi connectivity index (χ2n) is 5.46. The van der Waals surface area contributed by atoms with Crippen LogP contribution in [0.3, 0.4) is 0 Å². The van der Waals surface area contributed by atoms with E-state index in [0.717, 1.165) is 65.0 Å². The van der Waals surface area contributed by atoms with Crippen molar-refractivity contribution in [3.8, 4) is 0 Å². The second-order valence-corrected chi connectivity index (χ2v) is 7.03. The highest BCUT2D eigenvalue weighted by Gasteiger charge is 2.15. The molecule has 1 aliphatic heterocycles. The fraction of sp³-hybridized carbons (Fsp3) is 1.00. The Morgan fingerprint density at radius 1 is 0.800 bits per heavy atom. The summed E-state index contributed by atoms with van der Waals surface area (Å²) in [7, 11) is -3.77. The Balaban J connectivity index is 1.92. The average molecular weight is 308 g/mol. The van der Waals surface area contributed by atoms with Crippen LogP contribution in [-0.4, -0.2) is 79.5 Å². The van der Waals surface area contributed by atoms with Crippen molar-refractivity contribution in [1.29, 1.82) is 0 Å². The Morgan fingerprint density at radius 3 is 1.85 bits per heavy atom. The summed E-state index contributed by atoms with van der Waals surface area (Å²) in [4.78, 5) is 4.73. The molecule has 7 heteroatoms. The van der Waals surface area contributed by atoms with Gasteiger partial charge in [-0.2, -0.15) is 8.42 Å². The largest absolute Gasteiger partial charge is 0.395 e. The lowest BCUT2D eigenvalue weighted by molar-refractivity contribution is 0.111. The van der Waals surface area contributed by atoms with Gasteiger partial charge in [-0.15, -0.1) is 0 Å². The van der Waals surface area contributed by atoms with Gasteiger partial charge in [0.2, 0.25) is 0 Å². The van der Waals surface area contributed by atoms with Crippen molar-refractivity contribution in [3.05, 3.63) is 0 Å². The molecule has 0 aliphatic carbocycles. The summed E-state index contributed by atoms with van der Waals surface area (Å²) in [6, 6.07) is 0. The van der Waals surface area contributed by atoms with Gasteiger partial charge in [0, 0.05) is 32.7 Å². The molecule has 1 heterocycles. The van der Waals surface area contributed by atoms with Crippen LogP contribution in [-0.2, 0) is 10.1 Å². The van der Waals surface area contributed by atoms with Crippen LogP contribution < -0.4 is 0 Å². The zero-order chi connectivity index (χ0) is 14.8. The van der Waals surface area contributed by atoms with Crippen LogP contribution in [0.4, 0.5) is 0 Å². The first-order valence-electron chi connectivity index (χ1n) is 7.52. The average Bonchev–Trinajstić information content (AvgIpc) is 2.38. The van der Waals surface area contributed by atoms with Crippen LogP contribution >= 0.6 is 0 Å². The number of rotatable bonds is 10. The molecule has 6 nitrogen and oxygen atoms in total. The van der Waals surface area contributed by atoms with Crippen LogP contribution in [0.5, 0.6) is 0 Å². The van der Waals surface area contributed by atoms with E-state index in [0.29, 0.717) is 6.42 Å². The first-order chi connectivity index (χ1) is 9.51. The van der Waals surface area contributed by atoms with E-state index >= 15 is 0 Å². The zero-order valence-corrected chi connectivity index (χ0v) is 13.0. The molecule has 1 aliphatic rings. The van der Waals surface area contributed by atoms with Gasteiger partial charge in [-0.1, -0.05) is 19.3 Å². The predicted octanol–water partition coefficient (Wildman–Crippen LogP) is 0.435. The van der Waals surface area contributed by atoms with Gasteiger partial charge in [-0.3, -0.25) is 9.45 Å². The van der Waals surface area contributed by atoms with Gasteiger partial charge in [0.05, 0.1) is 12.4 Å². The molecule has 0 unspecified atom stereocenters. The monoisotopic (exact) mass is 308 g/mol. The van der Waals surface area contributed by atoms with Crippen molar-refractivity contribution in [1.82, 2.24) is 9.80 Å². The molecule has 1 rings (SSSR count). The third-order valence-corrected chi connectivity index (χ3v) is 4.56. The Kier molecular flexibility index (Phi) is 8.63. The summed E-state index contributed by atoms with van der Waals surface area (Å²) in [6.45, 7) is 6.34. The molecular formula is C13H28N2O4S. The molecular weight excluding hydrogens is 280 g/mol. The maximum atomic E-state index is 10.5. The first-order valence-corrected chi connectivity index (χ1v) is 9.13. The van der Waals surface area contributed by atoms with Gasteiger partial charge >= 0.3 is 0 Å². The Bertz CT molecular complexity index is 340. The lowest BCUT2D eigenvalue weighted by Gasteiger charge is -2.34. The molecule has 0 saturated carbocycles. The SMILES string of the molecule is O=S(=O)(O)CCCCCCCN1CCN(CCO)CC1. The van der Waals surface area contributed by atoms with E-state index in [1.54, 1.807) is 0 Å². The van der Waals surface area contributed by atoms with Crippen LogP contribution in [0.15, 0.2) is 0 Å². The highest BCUT2D eigenvalue weighted by Crippen LogP contribution is 2.07. The van der Waals surface area contributed by atoms with E-state index in [2.05, 4.69) is 9.80 Å². The molecule has 0 aromatic heterocycles. The topological polar surface area (TPSA) is 81.1 Å². The van der Waals surface area contributed by atoms with Crippen LogP contribution in [0, 0.1) is 0 Å². The number of nitrogens with zero attached hydrogens (tertiary/aromatic N) is 2.